The van der Waals surface area contributed by atoms with Crippen molar-refractivity contribution in [1.82, 2.24) is 10.6 Å². The molecule has 1 aliphatic rings. The molecule has 3 aromatic carbocycles. The lowest BCUT2D eigenvalue weighted by molar-refractivity contribution is -0.120. The highest BCUT2D eigenvalue weighted by Gasteiger charge is 2.28. The molecule has 1 aliphatic carbocycles. The summed E-state index contributed by atoms with van der Waals surface area (Å²) >= 11 is 0. The molecule has 0 saturated carbocycles. The van der Waals surface area contributed by atoms with Crippen molar-refractivity contribution in [2.24, 2.45) is 0 Å². The van der Waals surface area contributed by atoms with Crippen molar-refractivity contribution in [1.29, 1.82) is 0 Å². The number of hydrogen-bond donors (Lipinski definition) is 3. The highest BCUT2D eigenvalue weighted by atomic mass is 16.5. The second-order valence-electron chi connectivity index (χ2n) is 8.10. The Morgan fingerprint density at radius 2 is 1.41 bits per heavy atom. The summed E-state index contributed by atoms with van der Waals surface area (Å²) < 4.78 is 5.46. The minimum atomic E-state index is -0.969. The van der Waals surface area contributed by atoms with Gasteiger partial charge in [-0.2, -0.15) is 0 Å². The van der Waals surface area contributed by atoms with Gasteiger partial charge in [-0.05, 0) is 46.4 Å². The first-order chi connectivity index (χ1) is 16.5. The fourth-order valence-electron chi connectivity index (χ4n) is 4.18. The van der Waals surface area contributed by atoms with Gasteiger partial charge in [-0.1, -0.05) is 60.7 Å². The van der Waals surface area contributed by atoms with Crippen LogP contribution in [0.25, 0.3) is 11.1 Å². The van der Waals surface area contributed by atoms with E-state index in [0.717, 1.165) is 16.7 Å². The van der Waals surface area contributed by atoms with Gasteiger partial charge in [0.25, 0.3) is 0 Å². The van der Waals surface area contributed by atoms with E-state index in [1.165, 1.54) is 23.3 Å². The summed E-state index contributed by atoms with van der Waals surface area (Å²) in [4.78, 5) is 35.1. The average Bonchev–Trinajstić information content (AvgIpc) is 3.17. The summed E-state index contributed by atoms with van der Waals surface area (Å²) in [6.45, 7) is 0.832. The normalized spacial score (nSPS) is 11.9. The second kappa shape index (κ2) is 10.7. The van der Waals surface area contributed by atoms with Crippen molar-refractivity contribution < 1.29 is 24.2 Å². The van der Waals surface area contributed by atoms with Crippen LogP contribution in [-0.2, 0) is 16.0 Å². The predicted molar refractivity (Wildman–Crippen MR) is 128 cm³/mol. The van der Waals surface area contributed by atoms with E-state index in [4.69, 9.17) is 9.84 Å². The van der Waals surface area contributed by atoms with E-state index >= 15 is 0 Å². The second-order valence-corrected chi connectivity index (χ2v) is 8.10. The summed E-state index contributed by atoms with van der Waals surface area (Å²) in [7, 11) is 0. The zero-order chi connectivity index (χ0) is 23.9. The summed E-state index contributed by atoms with van der Waals surface area (Å²) in [6, 6.07) is 22.8. The fraction of sp³-hybridized carbons (Fsp3) is 0.222. The van der Waals surface area contributed by atoms with Gasteiger partial charge in [0.05, 0.1) is 5.56 Å². The first-order valence-corrected chi connectivity index (χ1v) is 11.2. The molecular weight excluding hydrogens is 432 g/mol. The Balaban J connectivity index is 1.16. The van der Waals surface area contributed by atoms with Crippen LogP contribution < -0.4 is 10.6 Å². The van der Waals surface area contributed by atoms with Gasteiger partial charge in [0.2, 0.25) is 5.91 Å². The van der Waals surface area contributed by atoms with Crippen molar-refractivity contribution in [3.63, 3.8) is 0 Å². The molecule has 4 rings (SSSR count). The molecule has 2 amide bonds. The molecule has 174 valence electrons. The lowest BCUT2D eigenvalue weighted by atomic mass is 9.98. The molecule has 0 saturated heterocycles. The standard InChI is InChI=1S/C27H26N2O5/c30-25(28-15-13-18-9-11-19(12-10-18)26(31)32)14-16-29-27(33)34-17-24-22-7-3-1-5-20(22)21-6-2-4-8-23(21)24/h1-12,24H,13-17H2,(H,28,30)(H,29,33)(H,31,32). The van der Waals surface area contributed by atoms with E-state index in [0.29, 0.717) is 13.0 Å². The van der Waals surface area contributed by atoms with Crippen LogP contribution in [0.5, 0.6) is 0 Å². The molecule has 7 heteroatoms. The third-order valence-electron chi connectivity index (χ3n) is 5.90. The van der Waals surface area contributed by atoms with Gasteiger partial charge in [0.1, 0.15) is 6.61 Å². The van der Waals surface area contributed by atoms with Crippen molar-refractivity contribution in [2.75, 3.05) is 19.7 Å². The number of alkyl carbamates (subject to hydrolysis) is 1. The molecule has 0 radical (unpaired) electrons. The van der Waals surface area contributed by atoms with Gasteiger partial charge in [0, 0.05) is 25.4 Å². The van der Waals surface area contributed by atoms with E-state index in [9.17, 15) is 14.4 Å². The van der Waals surface area contributed by atoms with Crippen LogP contribution in [-0.4, -0.2) is 42.8 Å². The molecule has 3 aromatic rings. The molecule has 0 spiro atoms. The smallest absolute Gasteiger partial charge is 0.407 e. The van der Waals surface area contributed by atoms with E-state index in [1.807, 2.05) is 24.3 Å². The first-order valence-electron chi connectivity index (χ1n) is 11.2. The third-order valence-corrected chi connectivity index (χ3v) is 5.90. The molecule has 0 aliphatic heterocycles. The number of carbonyl (C=O) groups excluding carboxylic acids is 2. The van der Waals surface area contributed by atoms with Crippen molar-refractivity contribution in [3.05, 3.63) is 95.1 Å². The van der Waals surface area contributed by atoms with Crippen LogP contribution in [0.3, 0.4) is 0 Å². The van der Waals surface area contributed by atoms with Crippen LogP contribution in [0, 0.1) is 0 Å². The highest BCUT2D eigenvalue weighted by Crippen LogP contribution is 2.44. The van der Waals surface area contributed by atoms with Gasteiger partial charge in [-0.25, -0.2) is 9.59 Å². The Kier molecular flexibility index (Phi) is 7.22. The molecule has 0 unspecified atom stereocenters. The number of fused-ring (bicyclic) bond motifs is 3. The SMILES string of the molecule is O=C(CCNC(=O)OCC1c2ccccc2-c2ccccc21)NCCc1ccc(C(=O)O)cc1. The molecule has 0 bridgehead atoms. The Morgan fingerprint density at radius 1 is 0.794 bits per heavy atom. The maximum Gasteiger partial charge on any atom is 0.407 e. The maximum absolute atomic E-state index is 12.2. The number of amides is 2. The molecule has 0 atom stereocenters. The molecule has 34 heavy (non-hydrogen) atoms. The molecule has 3 N–H and O–H groups in total. The van der Waals surface area contributed by atoms with Crippen LogP contribution >= 0.6 is 0 Å². The Hall–Kier alpha value is -4.13. The molecular formula is C27H26N2O5. The summed E-state index contributed by atoms with van der Waals surface area (Å²) in [5.41, 5.74) is 5.79. The number of rotatable bonds is 9. The van der Waals surface area contributed by atoms with E-state index < -0.39 is 12.1 Å². The van der Waals surface area contributed by atoms with Gasteiger partial charge in [0.15, 0.2) is 0 Å². The number of ether oxygens (including phenoxy) is 1. The van der Waals surface area contributed by atoms with E-state index in [-0.39, 0.29) is 37.0 Å². The highest BCUT2D eigenvalue weighted by molar-refractivity contribution is 5.87. The first kappa shape index (κ1) is 23.0. The van der Waals surface area contributed by atoms with Crippen LogP contribution in [0.1, 0.15) is 39.4 Å². The molecule has 7 nitrogen and oxygen atoms in total. The van der Waals surface area contributed by atoms with Crippen LogP contribution in [0.2, 0.25) is 0 Å². The number of carbonyl (C=O) groups is 3. The monoisotopic (exact) mass is 458 g/mol. The van der Waals surface area contributed by atoms with Crippen molar-refractivity contribution >= 4 is 18.0 Å². The third kappa shape index (κ3) is 5.43. The zero-order valence-electron chi connectivity index (χ0n) is 18.6. The number of aromatic carboxylic acids is 1. The van der Waals surface area contributed by atoms with Gasteiger partial charge < -0.3 is 20.5 Å². The minimum absolute atomic E-state index is 0.00832. The van der Waals surface area contributed by atoms with Crippen molar-refractivity contribution in [3.8, 4) is 11.1 Å². The van der Waals surface area contributed by atoms with Gasteiger partial charge >= 0.3 is 12.1 Å². The number of carboxylic acid groups (broad SMARTS) is 1. The van der Waals surface area contributed by atoms with Crippen LogP contribution in [0.15, 0.2) is 72.8 Å². The topological polar surface area (TPSA) is 105 Å². The minimum Gasteiger partial charge on any atom is -0.478 e. The number of benzene rings is 3. The number of nitrogens with one attached hydrogen (secondary N) is 2. The molecule has 0 fully saturated rings. The zero-order valence-corrected chi connectivity index (χ0v) is 18.6. The lowest BCUT2D eigenvalue weighted by Gasteiger charge is -2.14. The van der Waals surface area contributed by atoms with E-state index in [1.54, 1.807) is 12.1 Å². The Labute approximate surface area is 197 Å². The van der Waals surface area contributed by atoms with Crippen molar-refractivity contribution in [2.45, 2.75) is 18.8 Å². The fourth-order valence-corrected chi connectivity index (χ4v) is 4.18. The predicted octanol–water partition coefficient (Wildman–Crippen LogP) is 3.97. The maximum atomic E-state index is 12.2. The van der Waals surface area contributed by atoms with E-state index in [2.05, 4.69) is 34.9 Å². The average molecular weight is 459 g/mol. The summed E-state index contributed by atoms with van der Waals surface area (Å²) in [5, 5.41) is 14.3. The Bertz CT molecular complexity index is 1140. The number of carboxylic acids is 1. The summed E-state index contributed by atoms with van der Waals surface area (Å²) in [6.07, 6.45) is 0.182. The van der Waals surface area contributed by atoms with Gasteiger partial charge in [-0.3, -0.25) is 4.79 Å². The lowest BCUT2D eigenvalue weighted by Crippen LogP contribution is -2.32. The number of hydrogen-bond acceptors (Lipinski definition) is 4. The molecule has 0 heterocycles. The Morgan fingerprint density at radius 3 is 2.03 bits per heavy atom. The quantitative estimate of drug-likeness (QED) is 0.450. The largest absolute Gasteiger partial charge is 0.478 e. The summed E-state index contributed by atoms with van der Waals surface area (Å²) in [5.74, 6) is -1.16. The van der Waals surface area contributed by atoms with Crippen LogP contribution in [0.4, 0.5) is 4.79 Å². The van der Waals surface area contributed by atoms with Gasteiger partial charge in [-0.15, -0.1) is 0 Å². The molecule has 0 aromatic heterocycles.